The molecular weight excluding hydrogens is 346 g/mol. The molecule has 0 aromatic heterocycles. The van der Waals surface area contributed by atoms with Gasteiger partial charge in [0.15, 0.2) is 11.5 Å². The second kappa shape index (κ2) is 9.97. The van der Waals surface area contributed by atoms with Crippen LogP contribution in [0.4, 0.5) is 0 Å². The average Bonchev–Trinajstić information content (AvgIpc) is 2.71. The molecule has 0 heterocycles. The summed E-state index contributed by atoms with van der Waals surface area (Å²) in [5.74, 6) is 2.50. The maximum Gasteiger partial charge on any atom is 0.161 e. The summed E-state index contributed by atoms with van der Waals surface area (Å²) >= 11 is 0. The molecule has 152 valence electrons. The van der Waals surface area contributed by atoms with Crippen LogP contribution in [-0.2, 0) is 19.3 Å². The molecule has 3 nitrogen and oxygen atoms in total. The predicted octanol–water partition coefficient (Wildman–Crippen LogP) is 5.07. The number of aryl methyl sites for hydroxylation is 2. The number of methoxy groups -OCH3 is 2. The molecule has 0 N–H and O–H groups in total. The van der Waals surface area contributed by atoms with Crippen molar-refractivity contribution in [3.63, 3.8) is 0 Å². The van der Waals surface area contributed by atoms with E-state index in [0.29, 0.717) is 0 Å². The van der Waals surface area contributed by atoms with Crippen molar-refractivity contribution in [2.24, 2.45) is 5.92 Å². The highest BCUT2D eigenvalue weighted by Gasteiger charge is 2.21. The molecule has 28 heavy (non-hydrogen) atoms. The molecule has 2 aromatic rings. The molecule has 1 aliphatic rings. The number of rotatable bonds is 9. The third kappa shape index (κ3) is 5.51. The first-order chi connectivity index (χ1) is 13.6. The molecule has 1 aliphatic carbocycles. The van der Waals surface area contributed by atoms with Crippen molar-refractivity contribution in [1.82, 2.24) is 4.90 Å². The van der Waals surface area contributed by atoms with Gasteiger partial charge in [-0.1, -0.05) is 29.8 Å². The molecule has 0 saturated carbocycles. The maximum atomic E-state index is 5.49. The fourth-order valence-electron chi connectivity index (χ4n) is 4.35. The first-order valence-corrected chi connectivity index (χ1v) is 10.6. The van der Waals surface area contributed by atoms with Crippen molar-refractivity contribution in [2.45, 2.75) is 45.4 Å². The molecule has 0 aliphatic heterocycles. The Hall–Kier alpha value is -2.00. The van der Waals surface area contributed by atoms with Gasteiger partial charge in [0.25, 0.3) is 0 Å². The van der Waals surface area contributed by atoms with Gasteiger partial charge in [0.2, 0.25) is 0 Å². The summed E-state index contributed by atoms with van der Waals surface area (Å²) in [7, 11) is 5.69. The summed E-state index contributed by atoms with van der Waals surface area (Å²) in [6.07, 6.45) is 7.33. The summed E-state index contributed by atoms with van der Waals surface area (Å²) in [4.78, 5) is 2.48. The van der Waals surface area contributed by atoms with Gasteiger partial charge in [0, 0.05) is 6.54 Å². The third-order valence-corrected chi connectivity index (χ3v) is 6.05. The largest absolute Gasteiger partial charge is 0.493 e. The topological polar surface area (TPSA) is 21.7 Å². The second-order valence-corrected chi connectivity index (χ2v) is 8.27. The molecule has 2 aromatic carbocycles. The van der Waals surface area contributed by atoms with Crippen LogP contribution >= 0.6 is 0 Å². The van der Waals surface area contributed by atoms with Crippen molar-refractivity contribution in [3.8, 4) is 11.5 Å². The van der Waals surface area contributed by atoms with E-state index < -0.39 is 0 Å². The fraction of sp³-hybridized carbons (Fsp3) is 0.520. The smallest absolute Gasteiger partial charge is 0.161 e. The highest BCUT2D eigenvalue weighted by Crippen LogP contribution is 2.36. The Morgan fingerprint density at radius 3 is 2.46 bits per heavy atom. The minimum atomic E-state index is 0.788. The molecule has 1 atom stereocenters. The highest BCUT2D eigenvalue weighted by atomic mass is 16.5. The van der Waals surface area contributed by atoms with E-state index in [1.807, 2.05) is 0 Å². The molecule has 3 rings (SSSR count). The van der Waals surface area contributed by atoms with Crippen molar-refractivity contribution in [3.05, 3.63) is 58.7 Å². The minimum absolute atomic E-state index is 0.788. The van der Waals surface area contributed by atoms with E-state index in [0.717, 1.165) is 36.8 Å². The van der Waals surface area contributed by atoms with Crippen LogP contribution in [0.2, 0.25) is 0 Å². The zero-order valence-electron chi connectivity index (χ0n) is 18.0. The zero-order chi connectivity index (χ0) is 19.9. The van der Waals surface area contributed by atoms with Crippen molar-refractivity contribution < 1.29 is 9.47 Å². The normalized spacial score (nSPS) is 16.1. The van der Waals surface area contributed by atoms with Crippen molar-refractivity contribution in [2.75, 3.05) is 34.4 Å². The molecular formula is C25H35NO2. The van der Waals surface area contributed by atoms with Gasteiger partial charge in [-0.3, -0.25) is 0 Å². The molecule has 0 amide bonds. The van der Waals surface area contributed by atoms with Crippen LogP contribution in [-0.4, -0.2) is 39.3 Å². The SMILES string of the molecule is COc1cc2c(cc1OC)CC(CCCN(C)CCc1cccc(C)c1)CC2. The lowest BCUT2D eigenvalue weighted by atomic mass is 9.81. The summed E-state index contributed by atoms with van der Waals surface area (Å²) in [5, 5.41) is 0. The first-order valence-electron chi connectivity index (χ1n) is 10.6. The average molecular weight is 382 g/mol. The van der Waals surface area contributed by atoms with Gasteiger partial charge in [0.1, 0.15) is 0 Å². The Bertz CT molecular complexity index is 771. The molecule has 0 radical (unpaired) electrons. The fourth-order valence-corrected chi connectivity index (χ4v) is 4.35. The summed E-state index contributed by atoms with van der Waals surface area (Å²) < 4.78 is 10.9. The molecule has 3 heteroatoms. The summed E-state index contributed by atoms with van der Waals surface area (Å²) in [5.41, 5.74) is 5.68. The lowest BCUT2D eigenvalue weighted by molar-refractivity contribution is 0.307. The van der Waals surface area contributed by atoms with E-state index in [9.17, 15) is 0 Å². The monoisotopic (exact) mass is 381 g/mol. The van der Waals surface area contributed by atoms with Crippen molar-refractivity contribution >= 4 is 0 Å². The van der Waals surface area contributed by atoms with Crippen LogP contribution in [0.25, 0.3) is 0 Å². The quantitative estimate of drug-likeness (QED) is 0.605. The Labute approximate surface area is 170 Å². The van der Waals surface area contributed by atoms with Gasteiger partial charge in [-0.25, -0.2) is 0 Å². The second-order valence-electron chi connectivity index (χ2n) is 8.27. The number of benzene rings is 2. The van der Waals surface area contributed by atoms with Crippen LogP contribution in [0.3, 0.4) is 0 Å². The Balaban J connectivity index is 1.43. The van der Waals surface area contributed by atoms with Gasteiger partial charge in [-0.15, -0.1) is 0 Å². The van der Waals surface area contributed by atoms with Crippen LogP contribution < -0.4 is 9.47 Å². The molecule has 0 fully saturated rings. The number of hydrogen-bond acceptors (Lipinski definition) is 3. The standard InChI is InChI=1S/C25H35NO2/c1-19-7-5-8-21(15-19)12-14-26(2)13-6-9-20-10-11-22-17-24(27-3)25(28-4)18-23(22)16-20/h5,7-8,15,17-18,20H,6,9-14,16H2,1-4H3. The lowest BCUT2D eigenvalue weighted by Gasteiger charge is -2.26. The Morgan fingerprint density at radius 2 is 1.75 bits per heavy atom. The number of likely N-dealkylation sites (N-methyl/N-ethyl adjacent to an activating group) is 1. The van der Waals surface area contributed by atoms with Crippen LogP contribution in [0.1, 0.15) is 41.5 Å². The van der Waals surface area contributed by atoms with Gasteiger partial charge < -0.3 is 14.4 Å². The van der Waals surface area contributed by atoms with Gasteiger partial charge in [-0.05, 0) is 93.8 Å². The number of nitrogens with zero attached hydrogens (tertiary/aromatic N) is 1. The van der Waals surface area contributed by atoms with Crippen LogP contribution in [0.15, 0.2) is 36.4 Å². The molecule has 1 unspecified atom stereocenters. The first kappa shape index (κ1) is 20.7. The van der Waals surface area contributed by atoms with Gasteiger partial charge in [0.05, 0.1) is 14.2 Å². The summed E-state index contributed by atoms with van der Waals surface area (Å²) in [6.45, 7) is 4.48. The molecule has 0 saturated heterocycles. The highest BCUT2D eigenvalue weighted by molar-refractivity contribution is 5.48. The van der Waals surface area contributed by atoms with E-state index in [1.165, 1.54) is 54.5 Å². The molecule has 0 bridgehead atoms. The number of hydrogen-bond donors (Lipinski definition) is 0. The van der Waals surface area contributed by atoms with Crippen LogP contribution in [0, 0.1) is 12.8 Å². The number of ether oxygens (including phenoxy) is 2. The zero-order valence-corrected chi connectivity index (χ0v) is 18.0. The van der Waals surface area contributed by atoms with E-state index >= 15 is 0 Å². The Kier molecular flexibility index (Phi) is 7.38. The number of fused-ring (bicyclic) bond motifs is 1. The van der Waals surface area contributed by atoms with Gasteiger partial charge >= 0.3 is 0 Å². The van der Waals surface area contributed by atoms with E-state index in [-0.39, 0.29) is 0 Å². The van der Waals surface area contributed by atoms with Gasteiger partial charge in [-0.2, -0.15) is 0 Å². The minimum Gasteiger partial charge on any atom is -0.493 e. The third-order valence-electron chi connectivity index (χ3n) is 6.05. The molecule has 0 spiro atoms. The van der Waals surface area contributed by atoms with Crippen LogP contribution in [0.5, 0.6) is 11.5 Å². The van der Waals surface area contributed by atoms with E-state index in [4.69, 9.17) is 9.47 Å². The van der Waals surface area contributed by atoms with Crippen molar-refractivity contribution in [1.29, 1.82) is 0 Å². The maximum absolute atomic E-state index is 5.49. The Morgan fingerprint density at radius 1 is 1.00 bits per heavy atom. The predicted molar refractivity (Wildman–Crippen MR) is 117 cm³/mol. The summed E-state index contributed by atoms with van der Waals surface area (Å²) in [6, 6.07) is 13.2. The van der Waals surface area contributed by atoms with E-state index in [2.05, 4.69) is 55.3 Å². The lowest BCUT2D eigenvalue weighted by Crippen LogP contribution is -2.23. The van der Waals surface area contributed by atoms with E-state index in [1.54, 1.807) is 14.2 Å².